The molecule has 0 bridgehead atoms. The van der Waals surface area contributed by atoms with Gasteiger partial charge in [-0.05, 0) is 34.4 Å². The number of imidazole rings is 1. The molecule has 3 heterocycles. The summed E-state index contributed by atoms with van der Waals surface area (Å²) in [7, 11) is 0.128. The van der Waals surface area contributed by atoms with Crippen LogP contribution in [0.25, 0.3) is 21.9 Å². The van der Waals surface area contributed by atoms with E-state index in [1.165, 1.54) is 6.07 Å². The van der Waals surface area contributed by atoms with Crippen molar-refractivity contribution in [2.24, 2.45) is 11.6 Å². The molecule has 0 fully saturated rings. The van der Waals surface area contributed by atoms with E-state index in [-0.39, 0.29) is 0 Å². The highest BCUT2D eigenvalue weighted by Gasteiger charge is 2.36. The molecule has 0 aliphatic carbocycles. The first kappa shape index (κ1) is 16.1. The van der Waals surface area contributed by atoms with Gasteiger partial charge in [0.2, 0.25) is 0 Å². The Morgan fingerprint density at radius 2 is 2.04 bits per heavy atom. The first-order chi connectivity index (χ1) is 11.7. The van der Waals surface area contributed by atoms with Crippen molar-refractivity contribution in [2.45, 2.75) is 12.6 Å². The molecule has 2 aromatic heterocycles. The number of benzene rings is 1. The molecular formula is C16H13F3N4OS. The molecule has 5 nitrogen and oxygen atoms in total. The molecule has 0 radical (unpaired) electrons. The number of aromatic nitrogens is 3. The average Bonchev–Trinajstić information content (AvgIpc) is 3.10. The smallest absolute Gasteiger partial charge is 0.330 e. The molecule has 25 heavy (non-hydrogen) atoms. The van der Waals surface area contributed by atoms with Gasteiger partial charge < -0.3 is 4.57 Å². The number of halogens is 3. The zero-order valence-corrected chi connectivity index (χ0v) is 14.1. The predicted octanol–water partition coefficient (Wildman–Crippen LogP) is 4.65. The summed E-state index contributed by atoms with van der Waals surface area (Å²) >= 11 is 0. The number of allylic oxidation sites excluding steroid dienone is 1. The van der Waals surface area contributed by atoms with Gasteiger partial charge >= 0.3 is 6.18 Å². The van der Waals surface area contributed by atoms with E-state index in [0.717, 1.165) is 17.0 Å². The minimum Gasteiger partial charge on any atom is -0.330 e. The first-order valence-electron chi connectivity index (χ1n) is 7.38. The van der Waals surface area contributed by atoms with Crippen molar-refractivity contribution in [1.29, 1.82) is 0 Å². The molecule has 1 aromatic carbocycles. The third-order valence-corrected chi connectivity index (χ3v) is 6.56. The van der Waals surface area contributed by atoms with Gasteiger partial charge in [-0.15, -0.1) is 4.91 Å². The molecule has 0 saturated carbocycles. The number of fused-ring (bicyclic) bond motifs is 3. The zero-order valence-electron chi connectivity index (χ0n) is 13.3. The summed E-state index contributed by atoms with van der Waals surface area (Å²) in [5, 5.41) is 2.25. The summed E-state index contributed by atoms with van der Waals surface area (Å²) in [6.07, 6.45) is -0.606. The molecule has 130 valence electrons. The molecule has 1 aliphatic heterocycles. The normalized spacial score (nSPS) is 22.7. The number of nitroso groups, excluding NO2 is 1. The van der Waals surface area contributed by atoms with Gasteiger partial charge in [0.05, 0.1) is 22.8 Å². The number of hydrogen-bond donors (Lipinski definition) is 0. The minimum absolute atomic E-state index is 0.405. The molecule has 0 N–H and O–H groups in total. The molecule has 4 rings (SSSR count). The van der Waals surface area contributed by atoms with Crippen LogP contribution in [0, 0.1) is 4.91 Å². The molecule has 0 spiro atoms. The van der Waals surface area contributed by atoms with Gasteiger partial charge in [-0.3, -0.25) is 4.98 Å². The molecule has 0 saturated heterocycles. The van der Waals surface area contributed by atoms with Crippen LogP contribution in [0.1, 0.15) is 11.4 Å². The second-order valence-electron chi connectivity index (χ2n) is 6.08. The van der Waals surface area contributed by atoms with E-state index in [1.807, 2.05) is 5.41 Å². The van der Waals surface area contributed by atoms with Crippen molar-refractivity contribution in [3.05, 3.63) is 51.0 Å². The Bertz CT molecular complexity index is 1070. The van der Waals surface area contributed by atoms with Crippen LogP contribution in [-0.2, 0) is 19.6 Å². The van der Waals surface area contributed by atoms with Crippen LogP contribution in [0.2, 0.25) is 0 Å². The topological polar surface area (TPSA) is 60.1 Å². The van der Waals surface area contributed by atoms with E-state index in [0.29, 0.717) is 34.2 Å². The maximum atomic E-state index is 13.0. The third-order valence-electron chi connectivity index (χ3n) is 4.44. The van der Waals surface area contributed by atoms with Gasteiger partial charge in [-0.2, -0.15) is 13.2 Å². The summed E-state index contributed by atoms with van der Waals surface area (Å²) in [5.74, 6) is 0.674. The summed E-state index contributed by atoms with van der Waals surface area (Å²) in [6, 6.07) is 3.50. The Balaban J connectivity index is 1.86. The maximum Gasteiger partial charge on any atom is 0.416 e. The van der Waals surface area contributed by atoms with Crippen LogP contribution in [-0.4, -0.2) is 20.8 Å². The fourth-order valence-corrected chi connectivity index (χ4v) is 4.45. The van der Waals surface area contributed by atoms with Crippen molar-refractivity contribution < 1.29 is 13.2 Å². The molecule has 1 aliphatic rings. The van der Waals surface area contributed by atoms with Gasteiger partial charge in [0.15, 0.2) is 0 Å². The van der Waals surface area contributed by atoms with Gasteiger partial charge in [0.1, 0.15) is 11.3 Å². The lowest BCUT2D eigenvalue weighted by Gasteiger charge is -2.09. The summed E-state index contributed by atoms with van der Waals surface area (Å²) in [4.78, 5) is 20.5. The molecule has 1 unspecified atom stereocenters. The highest BCUT2D eigenvalue weighted by atomic mass is 32.3. The lowest BCUT2D eigenvalue weighted by atomic mass is 10.1. The summed E-state index contributed by atoms with van der Waals surface area (Å²) < 4.78 is 44.0. The predicted molar refractivity (Wildman–Crippen MR) is 92.1 cm³/mol. The fourth-order valence-electron chi connectivity index (χ4n) is 2.92. The Labute approximate surface area is 142 Å². The van der Waals surface area contributed by atoms with Crippen molar-refractivity contribution >= 4 is 32.2 Å². The van der Waals surface area contributed by atoms with E-state index in [9.17, 15) is 18.1 Å². The SMILES string of the molecule is Cn1c(CC2=CS2(C)N=O)nc2cnc3ccc(C(F)(F)F)cc3c21. The van der Waals surface area contributed by atoms with Crippen molar-refractivity contribution in [3.63, 3.8) is 0 Å². The lowest BCUT2D eigenvalue weighted by molar-refractivity contribution is -0.137. The van der Waals surface area contributed by atoms with Gasteiger partial charge in [-0.25, -0.2) is 4.98 Å². The van der Waals surface area contributed by atoms with E-state index in [1.54, 1.807) is 24.1 Å². The number of pyridine rings is 1. The van der Waals surface area contributed by atoms with E-state index in [2.05, 4.69) is 14.6 Å². The quantitative estimate of drug-likeness (QED) is 0.634. The largest absolute Gasteiger partial charge is 0.416 e. The summed E-state index contributed by atoms with van der Waals surface area (Å²) in [6.45, 7) is 0. The molecule has 0 amide bonds. The number of rotatable bonds is 3. The zero-order chi connectivity index (χ0) is 18.0. The maximum absolute atomic E-state index is 13.0. The second-order valence-corrected chi connectivity index (χ2v) is 8.86. The van der Waals surface area contributed by atoms with Gasteiger partial charge in [0, 0.05) is 23.8 Å². The van der Waals surface area contributed by atoms with Crippen molar-refractivity contribution in [1.82, 2.24) is 14.5 Å². The second kappa shape index (κ2) is 5.04. The Hall–Kier alpha value is -2.42. The number of hydrogen-bond acceptors (Lipinski definition) is 4. The number of nitrogens with zero attached hydrogens (tertiary/aromatic N) is 4. The fraction of sp³-hybridized carbons (Fsp3) is 0.250. The van der Waals surface area contributed by atoms with Gasteiger partial charge in [0.25, 0.3) is 0 Å². The van der Waals surface area contributed by atoms with Crippen LogP contribution >= 0.6 is 10.2 Å². The van der Waals surface area contributed by atoms with E-state index in [4.69, 9.17) is 0 Å². The van der Waals surface area contributed by atoms with Crippen LogP contribution < -0.4 is 0 Å². The lowest BCUT2D eigenvalue weighted by Crippen LogP contribution is -2.05. The van der Waals surface area contributed by atoms with Crippen molar-refractivity contribution in [3.8, 4) is 0 Å². The standard InChI is InChI=1S/C16H13F3N4OS/c1-23-14(6-10-8-25(10,2)22-24)21-13-7-20-12-4-3-9(16(17,18)19)5-11(12)15(13)23/h3-5,7-8H,6H2,1-2H3. The Morgan fingerprint density at radius 1 is 1.28 bits per heavy atom. The van der Waals surface area contributed by atoms with E-state index >= 15 is 0 Å². The number of alkyl halides is 3. The molecule has 9 heteroatoms. The molecule has 3 aromatic rings. The Morgan fingerprint density at radius 3 is 2.68 bits per heavy atom. The van der Waals surface area contributed by atoms with E-state index < -0.39 is 22.0 Å². The number of aryl methyl sites for hydroxylation is 1. The van der Waals surface area contributed by atoms with Crippen LogP contribution in [0.5, 0.6) is 0 Å². The highest BCUT2D eigenvalue weighted by Crippen LogP contribution is 2.69. The molecule has 1 atom stereocenters. The summed E-state index contributed by atoms with van der Waals surface area (Å²) in [5.41, 5.74) is 0.888. The monoisotopic (exact) mass is 366 g/mol. The Kier molecular flexibility index (Phi) is 3.24. The average molecular weight is 366 g/mol. The molecular weight excluding hydrogens is 353 g/mol. The van der Waals surface area contributed by atoms with Crippen LogP contribution in [0.4, 0.5) is 13.2 Å². The minimum atomic E-state index is -4.42. The first-order valence-corrected chi connectivity index (χ1v) is 9.44. The van der Waals surface area contributed by atoms with Gasteiger partial charge in [-0.1, -0.05) is 10.2 Å². The highest BCUT2D eigenvalue weighted by molar-refractivity contribution is 8.42. The van der Waals surface area contributed by atoms with Crippen LogP contribution in [0.3, 0.4) is 0 Å². The third kappa shape index (κ3) is 2.50. The van der Waals surface area contributed by atoms with Crippen LogP contribution in [0.15, 0.2) is 39.3 Å². The van der Waals surface area contributed by atoms with Crippen molar-refractivity contribution in [2.75, 3.05) is 6.26 Å².